The van der Waals surface area contributed by atoms with Crippen LogP contribution in [-0.2, 0) is 14.3 Å². The molecule has 0 aliphatic rings. The summed E-state index contributed by atoms with van der Waals surface area (Å²) in [6.07, 6.45) is 8.10. The summed E-state index contributed by atoms with van der Waals surface area (Å²) < 4.78 is 5.10. The van der Waals surface area contributed by atoms with Crippen molar-refractivity contribution in [1.82, 2.24) is 5.32 Å². The van der Waals surface area contributed by atoms with Crippen molar-refractivity contribution in [3.63, 3.8) is 0 Å². The summed E-state index contributed by atoms with van der Waals surface area (Å²) in [6.45, 7) is 4.93. The predicted octanol–water partition coefficient (Wildman–Crippen LogP) is 2.20. The van der Waals surface area contributed by atoms with Gasteiger partial charge in [-0.2, -0.15) is 0 Å². The highest BCUT2D eigenvalue weighted by molar-refractivity contribution is 5.79. The Morgan fingerprint density at radius 2 is 1.61 bits per heavy atom. The van der Waals surface area contributed by atoms with Gasteiger partial charge >= 0.3 is 5.97 Å². The summed E-state index contributed by atoms with van der Waals surface area (Å²) in [5, 5.41) is 2.84. The molecule has 6 nitrogen and oxygen atoms in total. The maximum atomic E-state index is 11.8. The van der Waals surface area contributed by atoms with E-state index in [2.05, 4.69) is 19.2 Å². The number of ether oxygens (including phenoxy) is 1. The molecule has 1 amide bonds. The topological polar surface area (TPSA) is 107 Å². The molecule has 0 aromatic heterocycles. The predicted molar refractivity (Wildman–Crippen MR) is 92.6 cm³/mol. The normalized spacial score (nSPS) is 13.4. The summed E-state index contributed by atoms with van der Waals surface area (Å²) in [5.41, 5.74) is 11.5. The van der Waals surface area contributed by atoms with E-state index in [0.717, 1.165) is 32.1 Å². The fourth-order valence-electron chi connectivity index (χ4n) is 2.16. The van der Waals surface area contributed by atoms with Crippen molar-refractivity contribution in [3.05, 3.63) is 0 Å². The number of carbonyl (C=O) groups is 2. The molecule has 0 radical (unpaired) electrons. The van der Waals surface area contributed by atoms with Crippen molar-refractivity contribution in [2.24, 2.45) is 11.5 Å². The highest BCUT2D eigenvalue weighted by Crippen LogP contribution is 2.05. The van der Waals surface area contributed by atoms with Gasteiger partial charge in [-0.05, 0) is 25.7 Å². The molecular weight excluding hydrogens is 294 g/mol. The number of amides is 1. The van der Waals surface area contributed by atoms with E-state index < -0.39 is 18.2 Å². The molecule has 5 N–H and O–H groups in total. The SMILES string of the molecule is CCCCCCNC(=O)CC[C@H](N)C(=O)OC(N)CCCCC. The lowest BCUT2D eigenvalue weighted by Gasteiger charge is -2.16. The molecule has 136 valence electrons. The first kappa shape index (κ1) is 21.9. The number of carbonyl (C=O) groups excluding carboxylic acids is 2. The second-order valence-corrected chi connectivity index (χ2v) is 6.03. The van der Waals surface area contributed by atoms with Crippen LogP contribution in [0.3, 0.4) is 0 Å². The number of hydrogen-bond acceptors (Lipinski definition) is 5. The average Bonchev–Trinajstić information content (AvgIpc) is 2.52. The minimum Gasteiger partial charge on any atom is -0.446 e. The number of hydrogen-bond donors (Lipinski definition) is 3. The van der Waals surface area contributed by atoms with Gasteiger partial charge in [0, 0.05) is 13.0 Å². The molecule has 2 atom stereocenters. The first-order valence-corrected chi connectivity index (χ1v) is 8.99. The van der Waals surface area contributed by atoms with E-state index in [9.17, 15) is 9.59 Å². The molecule has 0 saturated carbocycles. The molecule has 0 spiro atoms. The molecule has 6 heteroatoms. The quantitative estimate of drug-likeness (QED) is 0.257. The third kappa shape index (κ3) is 13.0. The van der Waals surface area contributed by atoms with Crippen LogP contribution in [0.4, 0.5) is 0 Å². The number of nitrogens with one attached hydrogen (secondary N) is 1. The summed E-state index contributed by atoms with van der Waals surface area (Å²) in [5.74, 6) is -0.596. The van der Waals surface area contributed by atoms with Gasteiger partial charge in [0.05, 0.1) is 0 Å². The number of esters is 1. The monoisotopic (exact) mass is 329 g/mol. The minimum atomic E-state index is -0.793. The van der Waals surface area contributed by atoms with Crippen molar-refractivity contribution in [2.75, 3.05) is 6.54 Å². The van der Waals surface area contributed by atoms with Crippen LogP contribution >= 0.6 is 0 Å². The third-order valence-corrected chi connectivity index (χ3v) is 3.70. The molecule has 0 aliphatic heterocycles. The number of nitrogens with two attached hydrogens (primary N) is 2. The van der Waals surface area contributed by atoms with Crippen LogP contribution in [0.5, 0.6) is 0 Å². The molecule has 0 bridgehead atoms. The van der Waals surface area contributed by atoms with Crippen LogP contribution in [0.2, 0.25) is 0 Å². The van der Waals surface area contributed by atoms with Crippen molar-refractivity contribution >= 4 is 11.9 Å². The maximum Gasteiger partial charge on any atom is 0.324 e. The van der Waals surface area contributed by atoms with E-state index >= 15 is 0 Å². The Morgan fingerprint density at radius 1 is 0.957 bits per heavy atom. The van der Waals surface area contributed by atoms with Crippen LogP contribution in [0.25, 0.3) is 0 Å². The molecule has 0 heterocycles. The molecule has 1 unspecified atom stereocenters. The van der Waals surface area contributed by atoms with Crippen molar-refractivity contribution < 1.29 is 14.3 Å². The molecule has 0 aliphatic carbocycles. The van der Waals surface area contributed by atoms with E-state index in [0.29, 0.717) is 13.0 Å². The Balaban J connectivity index is 3.75. The van der Waals surface area contributed by atoms with Gasteiger partial charge in [0.15, 0.2) is 6.23 Å². The summed E-state index contributed by atoms with van der Waals surface area (Å²) >= 11 is 0. The first-order valence-electron chi connectivity index (χ1n) is 8.99. The van der Waals surface area contributed by atoms with E-state index in [1.165, 1.54) is 12.8 Å². The second-order valence-electron chi connectivity index (χ2n) is 6.03. The van der Waals surface area contributed by atoms with Gasteiger partial charge in [-0.25, -0.2) is 0 Å². The highest BCUT2D eigenvalue weighted by atomic mass is 16.6. The molecule has 0 aromatic carbocycles. The second kappa shape index (κ2) is 14.5. The zero-order valence-corrected chi connectivity index (χ0v) is 14.8. The third-order valence-electron chi connectivity index (χ3n) is 3.70. The van der Waals surface area contributed by atoms with Gasteiger partial charge in [0.25, 0.3) is 0 Å². The standard InChI is InChI=1S/C17H35N3O3/c1-3-5-7-9-13-20-16(21)12-11-14(18)17(22)23-15(19)10-8-6-4-2/h14-15H,3-13,18-19H2,1-2H3,(H,20,21)/t14-,15?/m0/s1. The zero-order chi connectivity index (χ0) is 17.5. The van der Waals surface area contributed by atoms with Crippen LogP contribution in [-0.4, -0.2) is 30.7 Å². The molecule has 23 heavy (non-hydrogen) atoms. The maximum absolute atomic E-state index is 11.8. The number of unbranched alkanes of at least 4 members (excludes halogenated alkanes) is 5. The minimum absolute atomic E-state index is 0.0722. The highest BCUT2D eigenvalue weighted by Gasteiger charge is 2.19. The fourth-order valence-corrected chi connectivity index (χ4v) is 2.16. The van der Waals surface area contributed by atoms with E-state index in [1.54, 1.807) is 0 Å². The van der Waals surface area contributed by atoms with Crippen LogP contribution in [0.15, 0.2) is 0 Å². The van der Waals surface area contributed by atoms with Crippen LogP contribution < -0.4 is 16.8 Å². The molecule has 0 fully saturated rings. The Labute approximate surface area is 140 Å². The Morgan fingerprint density at radius 3 is 2.26 bits per heavy atom. The first-order chi connectivity index (χ1) is 11.0. The smallest absolute Gasteiger partial charge is 0.324 e. The van der Waals surface area contributed by atoms with E-state index in [-0.39, 0.29) is 18.7 Å². The molecule has 0 aromatic rings. The van der Waals surface area contributed by atoms with Crippen LogP contribution in [0.1, 0.15) is 78.1 Å². The Bertz CT molecular complexity index is 324. The fraction of sp³-hybridized carbons (Fsp3) is 0.882. The number of rotatable bonds is 14. The Kier molecular flexibility index (Phi) is 13.7. The largest absolute Gasteiger partial charge is 0.446 e. The van der Waals surface area contributed by atoms with Crippen molar-refractivity contribution in [3.8, 4) is 0 Å². The Hall–Kier alpha value is -1.14. The van der Waals surface area contributed by atoms with E-state index in [1.807, 2.05) is 0 Å². The van der Waals surface area contributed by atoms with E-state index in [4.69, 9.17) is 16.2 Å². The molecule has 0 rings (SSSR count). The molecule has 0 saturated heterocycles. The van der Waals surface area contributed by atoms with Crippen LogP contribution in [0, 0.1) is 0 Å². The zero-order valence-electron chi connectivity index (χ0n) is 14.8. The molecular formula is C17H35N3O3. The summed E-state index contributed by atoms with van der Waals surface area (Å²) in [4.78, 5) is 23.4. The van der Waals surface area contributed by atoms with Gasteiger partial charge in [-0.1, -0.05) is 46.0 Å². The lowest BCUT2D eigenvalue weighted by atomic mass is 10.1. The summed E-state index contributed by atoms with van der Waals surface area (Å²) in [7, 11) is 0. The van der Waals surface area contributed by atoms with Crippen molar-refractivity contribution in [2.45, 2.75) is 90.3 Å². The summed E-state index contributed by atoms with van der Waals surface area (Å²) in [6, 6.07) is -0.793. The van der Waals surface area contributed by atoms with Gasteiger partial charge in [-0.15, -0.1) is 0 Å². The van der Waals surface area contributed by atoms with Gasteiger partial charge in [0.1, 0.15) is 6.04 Å². The van der Waals surface area contributed by atoms with Gasteiger partial charge in [0.2, 0.25) is 5.91 Å². The van der Waals surface area contributed by atoms with Gasteiger partial charge < -0.3 is 15.8 Å². The van der Waals surface area contributed by atoms with Gasteiger partial charge in [-0.3, -0.25) is 15.3 Å². The van der Waals surface area contributed by atoms with Crippen molar-refractivity contribution in [1.29, 1.82) is 0 Å². The average molecular weight is 329 g/mol. The lowest BCUT2D eigenvalue weighted by Crippen LogP contribution is -2.38. The lowest BCUT2D eigenvalue weighted by molar-refractivity contribution is -0.151.